The zero-order valence-corrected chi connectivity index (χ0v) is 21.7. The number of aromatic amines is 1. The highest BCUT2D eigenvalue weighted by atomic mass is 19.4. The van der Waals surface area contributed by atoms with E-state index < -0.39 is 29.4 Å². The van der Waals surface area contributed by atoms with E-state index in [9.17, 15) is 31.9 Å². The molecule has 1 N–H and O–H groups in total. The first-order valence-electron chi connectivity index (χ1n) is 12.7. The van der Waals surface area contributed by atoms with Gasteiger partial charge in [-0.15, -0.1) is 0 Å². The van der Waals surface area contributed by atoms with Crippen LogP contribution < -0.4 is 15.2 Å². The number of imidazole rings is 1. The third-order valence-corrected chi connectivity index (χ3v) is 6.75. The number of amides is 1. The van der Waals surface area contributed by atoms with Crippen molar-refractivity contribution in [3.63, 3.8) is 0 Å². The molecule has 1 amide bonds. The molecule has 0 unspecified atom stereocenters. The lowest BCUT2D eigenvalue weighted by Gasteiger charge is -2.29. The molecular formula is C28H24F4N5O4+. The van der Waals surface area contributed by atoms with Crippen LogP contribution in [0, 0.1) is 5.82 Å². The molecule has 0 bridgehead atoms. The van der Waals surface area contributed by atoms with Crippen LogP contribution in [0.1, 0.15) is 39.9 Å². The number of fused-ring (bicyclic) bond motifs is 1. The summed E-state index contributed by atoms with van der Waals surface area (Å²) >= 11 is 0. The number of benzene rings is 2. The van der Waals surface area contributed by atoms with Crippen molar-refractivity contribution in [2.24, 2.45) is 0 Å². The first-order valence-corrected chi connectivity index (χ1v) is 12.7. The number of alkyl halides is 3. The van der Waals surface area contributed by atoms with E-state index in [1.165, 1.54) is 23.1 Å². The van der Waals surface area contributed by atoms with Gasteiger partial charge in [0.05, 0.1) is 30.4 Å². The lowest BCUT2D eigenvalue weighted by Crippen LogP contribution is -2.58. The van der Waals surface area contributed by atoms with E-state index in [2.05, 4.69) is 14.9 Å². The molecule has 0 saturated heterocycles. The second-order valence-electron chi connectivity index (χ2n) is 9.42. The number of halogens is 4. The molecule has 212 valence electrons. The minimum atomic E-state index is -5.30. The zero-order valence-electron chi connectivity index (χ0n) is 21.7. The van der Waals surface area contributed by atoms with Gasteiger partial charge in [0, 0.05) is 24.7 Å². The highest BCUT2D eigenvalue weighted by Gasteiger charge is 2.45. The number of carbonyl (C=O) groups is 2. The van der Waals surface area contributed by atoms with Crippen LogP contribution in [-0.4, -0.2) is 44.1 Å². The van der Waals surface area contributed by atoms with Crippen molar-refractivity contribution in [3.8, 4) is 11.3 Å². The molecule has 3 heterocycles. The van der Waals surface area contributed by atoms with E-state index in [1.54, 1.807) is 13.1 Å². The van der Waals surface area contributed by atoms with Crippen LogP contribution in [0.5, 0.6) is 0 Å². The molecule has 0 fully saturated rings. The molecule has 4 aromatic rings. The van der Waals surface area contributed by atoms with Crippen LogP contribution in [0.3, 0.4) is 0 Å². The summed E-state index contributed by atoms with van der Waals surface area (Å²) in [4.78, 5) is 47.6. The van der Waals surface area contributed by atoms with Gasteiger partial charge in [-0.2, -0.15) is 18.0 Å². The molecule has 0 saturated carbocycles. The first-order chi connectivity index (χ1) is 19.5. The standard InChI is InChI=1S/C28H23F4N5O4/c1-2-18-14-20(37(34-25(18)38)41-27(40)28(30,31)32)12-17-8-9-22(29)21(13-17)26(39)35-10-11-36-23(15-33-24(36)16-35)19-6-4-3-5-7-19/h3-9,13-15H,2,10-12,16H2,1H3/p+1. The Hall–Kier alpha value is -4.81. The fourth-order valence-electron chi connectivity index (χ4n) is 4.66. The summed E-state index contributed by atoms with van der Waals surface area (Å²) in [6.45, 7) is 2.58. The molecule has 2 aromatic heterocycles. The van der Waals surface area contributed by atoms with Crippen molar-refractivity contribution in [2.75, 3.05) is 6.54 Å². The summed E-state index contributed by atoms with van der Waals surface area (Å²) < 4.78 is 55.3. The topological polar surface area (TPSA) is 101 Å². The molecule has 0 radical (unpaired) electrons. The monoisotopic (exact) mass is 570 g/mol. The van der Waals surface area contributed by atoms with E-state index in [0.29, 0.717) is 29.3 Å². The number of nitrogens with one attached hydrogen (secondary N) is 1. The van der Waals surface area contributed by atoms with Crippen LogP contribution in [0.25, 0.3) is 11.3 Å². The van der Waals surface area contributed by atoms with Crippen molar-refractivity contribution in [2.45, 2.75) is 39.0 Å². The first kappa shape index (κ1) is 27.7. The Morgan fingerprint density at radius 3 is 2.56 bits per heavy atom. The maximum atomic E-state index is 14.9. The summed E-state index contributed by atoms with van der Waals surface area (Å²) in [6, 6.07) is 14.7. The number of hydrogen-bond acceptors (Lipinski definition) is 5. The average molecular weight is 571 g/mol. The molecule has 1 aliphatic heterocycles. The summed E-state index contributed by atoms with van der Waals surface area (Å²) in [7, 11) is 0. The number of nitrogens with zero attached hydrogens (tertiary/aromatic N) is 4. The molecule has 0 spiro atoms. The number of aromatic nitrogens is 4. The SMILES string of the molecule is CCc1cc(Cc2ccc(F)c(C(=O)N3CCn4c(-c5ccccc5)cnc4C3)c2)[n+](OC(=O)C(F)(F)F)[nH]c1=O. The molecule has 5 rings (SSSR count). The van der Waals surface area contributed by atoms with Crippen molar-refractivity contribution >= 4 is 11.9 Å². The Morgan fingerprint density at radius 2 is 1.85 bits per heavy atom. The summed E-state index contributed by atoms with van der Waals surface area (Å²) in [5.41, 5.74) is 1.48. The Bertz CT molecular complexity index is 1680. The van der Waals surface area contributed by atoms with Gasteiger partial charge >= 0.3 is 17.7 Å². The van der Waals surface area contributed by atoms with E-state index in [4.69, 9.17) is 0 Å². The summed E-state index contributed by atoms with van der Waals surface area (Å²) in [5, 5.41) is 2.10. The van der Waals surface area contributed by atoms with Gasteiger partial charge in [0.1, 0.15) is 16.5 Å². The van der Waals surface area contributed by atoms with Gasteiger partial charge < -0.3 is 9.47 Å². The van der Waals surface area contributed by atoms with Crippen molar-refractivity contribution in [1.29, 1.82) is 0 Å². The number of hydrogen-bond donors (Lipinski definition) is 1. The summed E-state index contributed by atoms with van der Waals surface area (Å²) in [5.74, 6) is -3.23. The van der Waals surface area contributed by atoms with Gasteiger partial charge in [-0.25, -0.2) is 14.2 Å². The van der Waals surface area contributed by atoms with Crippen LogP contribution in [0.2, 0.25) is 0 Å². The Balaban J connectivity index is 1.40. The maximum Gasteiger partial charge on any atom is 0.498 e. The van der Waals surface area contributed by atoms with Gasteiger partial charge in [-0.3, -0.25) is 9.59 Å². The number of rotatable bonds is 6. The third-order valence-electron chi connectivity index (χ3n) is 6.75. The van der Waals surface area contributed by atoms with E-state index >= 15 is 0 Å². The number of aryl methyl sites for hydroxylation is 1. The Morgan fingerprint density at radius 1 is 1.10 bits per heavy atom. The van der Waals surface area contributed by atoms with Crippen LogP contribution in [0.15, 0.2) is 65.6 Å². The second-order valence-corrected chi connectivity index (χ2v) is 9.42. The molecule has 1 aliphatic rings. The number of H-pyrrole nitrogens is 1. The highest BCUT2D eigenvalue weighted by Crippen LogP contribution is 2.25. The lowest BCUT2D eigenvalue weighted by atomic mass is 10.0. The van der Waals surface area contributed by atoms with Gasteiger partial charge in [-0.05, 0) is 29.7 Å². The molecule has 0 aliphatic carbocycles. The Kier molecular flexibility index (Phi) is 7.43. The quantitative estimate of drug-likeness (QED) is 0.284. The average Bonchev–Trinajstić information content (AvgIpc) is 3.38. The van der Waals surface area contributed by atoms with Crippen molar-refractivity contribution in [3.05, 3.63) is 105 Å². The van der Waals surface area contributed by atoms with Crippen LogP contribution >= 0.6 is 0 Å². The van der Waals surface area contributed by atoms with Gasteiger partial charge in [0.25, 0.3) is 11.6 Å². The van der Waals surface area contributed by atoms with Gasteiger partial charge in [-0.1, -0.05) is 48.4 Å². The lowest BCUT2D eigenvalue weighted by molar-refractivity contribution is -0.921. The maximum absolute atomic E-state index is 14.9. The zero-order chi connectivity index (χ0) is 29.3. The van der Waals surface area contributed by atoms with Crippen molar-refractivity contribution in [1.82, 2.24) is 19.5 Å². The fraction of sp³-hybridized carbons (Fsp3) is 0.250. The molecule has 13 heteroatoms. The van der Waals surface area contributed by atoms with Crippen LogP contribution in [-0.2, 0) is 30.7 Å². The molecule has 41 heavy (non-hydrogen) atoms. The smallest absolute Gasteiger partial charge is 0.329 e. The van der Waals surface area contributed by atoms with Crippen LogP contribution in [0.4, 0.5) is 17.6 Å². The molecule has 9 nitrogen and oxygen atoms in total. The van der Waals surface area contributed by atoms with Crippen molar-refractivity contribution < 1.29 is 36.8 Å². The van der Waals surface area contributed by atoms with E-state index in [-0.39, 0.29) is 36.2 Å². The molecular weight excluding hydrogens is 546 g/mol. The highest BCUT2D eigenvalue weighted by molar-refractivity contribution is 5.94. The fourth-order valence-corrected chi connectivity index (χ4v) is 4.66. The Labute approximate surface area is 230 Å². The third kappa shape index (κ3) is 5.74. The predicted octanol–water partition coefficient (Wildman–Crippen LogP) is 2.99. The van der Waals surface area contributed by atoms with E-state index in [1.807, 2.05) is 34.9 Å². The predicted molar refractivity (Wildman–Crippen MR) is 136 cm³/mol. The minimum absolute atomic E-state index is 0.0162. The van der Waals surface area contributed by atoms with Gasteiger partial charge in [0.15, 0.2) is 0 Å². The molecule has 2 aromatic carbocycles. The van der Waals surface area contributed by atoms with E-state index in [0.717, 1.165) is 17.3 Å². The largest absolute Gasteiger partial charge is 0.498 e. The minimum Gasteiger partial charge on any atom is -0.329 e. The van der Waals surface area contributed by atoms with Gasteiger partial charge in [0.2, 0.25) is 0 Å². The molecule has 0 atom stereocenters. The summed E-state index contributed by atoms with van der Waals surface area (Å²) in [6.07, 6.45) is -3.50. The normalized spacial score (nSPS) is 13.1. The number of carbonyl (C=O) groups excluding carboxylic acids is 2. The second kappa shape index (κ2) is 11.0.